The molecule has 0 saturated carbocycles. The number of carbonyl (C=O) groups is 1. The summed E-state index contributed by atoms with van der Waals surface area (Å²) in [5.74, 6) is 0.0319. The van der Waals surface area contributed by atoms with E-state index in [-0.39, 0.29) is 11.9 Å². The van der Waals surface area contributed by atoms with Crippen molar-refractivity contribution in [1.29, 1.82) is 0 Å². The van der Waals surface area contributed by atoms with Crippen molar-refractivity contribution in [3.05, 3.63) is 68.7 Å². The monoisotopic (exact) mass is 349 g/mol. The maximum absolute atomic E-state index is 12.2. The standard InChI is InChI=1S/C19H21Cl2NO/c1-12-4-5-13(2)16(10-12)14(3)22-19(23)9-7-15-6-8-17(20)18(21)11-15/h4-6,8,10-11,14H,7,9H2,1-3H3,(H,22,23)/t14-/m0/s1. The highest BCUT2D eigenvalue weighted by Gasteiger charge is 2.12. The van der Waals surface area contributed by atoms with Crippen LogP contribution < -0.4 is 5.32 Å². The number of hydrogen-bond donors (Lipinski definition) is 1. The van der Waals surface area contributed by atoms with E-state index in [0.29, 0.717) is 22.9 Å². The first kappa shape index (κ1) is 17.8. The van der Waals surface area contributed by atoms with Crippen molar-refractivity contribution in [1.82, 2.24) is 5.32 Å². The molecule has 0 aromatic heterocycles. The van der Waals surface area contributed by atoms with Gasteiger partial charge in [-0.05, 0) is 56.0 Å². The Bertz CT molecular complexity index is 713. The number of rotatable bonds is 5. The Morgan fingerprint density at radius 3 is 2.52 bits per heavy atom. The summed E-state index contributed by atoms with van der Waals surface area (Å²) in [4.78, 5) is 12.2. The quantitative estimate of drug-likeness (QED) is 0.766. The molecule has 0 heterocycles. The zero-order valence-electron chi connectivity index (χ0n) is 13.6. The molecule has 0 fully saturated rings. The SMILES string of the molecule is Cc1ccc(C)c([C@H](C)NC(=O)CCc2ccc(Cl)c(Cl)c2)c1. The van der Waals surface area contributed by atoms with Crippen LogP contribution in [0, 0.1) is 13.8 Å². The summed E-state index contributed by atoms with van der Waals surface area (Å²) in [7, 11) is 0. The first-order valence-corrected chi connectivity index (χ1v) is 8.43. The largest absolute Gasteiger partial charge is 0.350 e. The molecule has 0 spiro atoms. The minimum atomic E-state index is -0.00351. The zero-order chi connectivity index (χ0) is 17.0. The van der Waals surface area contributed by atoms with Gasteiger partial charge in [0.2, 0.25) is 5.91 Å². The fourth-order valence-electron chi connectivity index (χ4n) is 2.57. The molecule has 0 saturated heterocycles. The molecule has 0 radical (unpaired) electrons. The number of halogens is 2. The van der Waals surface area contributed by atoms with Gasteiger partial charge in [0.05, 0.1) is 16.1 Å². The minimum Gasteiger partial charge on any atom is -0.350 e. The predicted molar refractivity (Wildman–Crippen MR) is 97.3 cm³/mol. The Morgan fingerprint density at radius 2 is 1.83 bits per heavy atom. The van der Waals surface area contributed by atoms with Gasteiger partial charge >= 0.3 is 0 Å². The van der Waals surface area contributed by atoms with E-state index in [2.05, 4.69) is 37.4 Å². The number of aryl methyl sites for hydroxylation is 3. The Hall–Kier alpha value is -1.51. The highest BCUT2D eigenvalue weighted by atomic mass is 35.5. The molecule has 122 valence electrons. The van der Waals surface area contributed by atoms with Crippen LogP contribution in [0.2, 0.25) is 10.0 Å². The second-order valence-corrected chi connectivity index (χ2v) is 6.71. The second-order valence-electron chi connectivity index (χ2n) is 5.90. The van der Waals surface area contributed by atoms with Crippen LogP contribution in [0.3, 0.4) is 0 Å². The summed E-state index contributed by atoms with van der Waals surface area (Å²) in [6, 6.07) is 11.8. The van der Waals surface area contributed by atoms with Crippen LogP contribution in [-0.2, 0) is 11.2 Å². The molecule has 0 aliphatic heterocycles. The Balaban J connectivity index is 1.93. The fourth-order valence-corrected chi connectivity index (χ4v) is 2.89. The lowest BCUT2D eigenvalue weighted by Gasteiger charge is -2.17. The summed E-state index contributed by atoms with van der Waals surface area (Å²) in [6.07, 6.45) is 1.06. The first-order chi connectivity index (χ1) is 10.9. The fraction of sp³-hybridized carbons (Fsp3) is 0.316. The molecule has 1 N–H and O–H groups in total. The summed E-state index contributed by atoms with van der Waals surface area (Å²) < 4.78 is 0. The highest BCUT2D eigenvalue weighted by Crippen LogP contribution is 2.23. The molecule has 0 aliphatic carbocycles. The lowest BCUT2D eigenvalue weighted by Crippen LogP contribution is -2.27. The number of hydrogen-bond acceptors (Lipinski definition) is 1. The maximum Gasteiger partial charge on any atom is 0.220 e. The Labute approximate surface area is 147 Å². The van der Waals surface area contributed by atoms with E-state index >= 15 is 0 Å². The number of benzene rings is 2. The van der Waals surface area contributed by atoms with Gasteiger partial charge in [0.15, 0.2) is 0 Å². The van der Waals surface area contributed by atoms with Crippen LogP contribution >= 0.6 is 23.2 Å². The van der Waals surface area contributed by atoms with E-state index in [1.165, 1.54) is 11.1 Å². The van der Waals surface area contributed by atoms with Gasteiger partial charge < -0.3 is 5.32 Å². The Morgan fingerprint density at radius 1 is 1.09 bits per heavy atom. The Kier molecular flexibility index (Phi) is 6.09. The normalized spacial score (nSPS) is 12.0. The number of nitrogens with one attached hydrogen (secondary N) is 1. The average Bonchev–Trinajstić information content (AvgIpc) is 2.50. The third-order valence-corrected chi connectivity index (χ3v) is 4.64. The molecular formula is C19H21Cl2NO. The van der Waals surface area contributed by atoms with Gasteiger partial charge in [-0.2, -0.15) is 0 Å². The van der Waals surface area contributed by atoms with Crippen LogP contribution in [0.15, 0.2) is 36.4 Å². The minimum absolute atomic E-state index is 0.00351. The molecule has 2 nitrogen and oxygen atoms in total. The van der Waals surface area contributed by atoms with E-state index < -0.39 is 0 Å². The predicted octanol–water partition coefficient (Wildman–Crippen LogP) is 5.42. The maximum atomic E-state index is 12.2. The highest BCUT2D eigenvalue weighted by molar-refractivity contribution is 6.42. The van der Waals surface area contributed by atoms with Crippen molar-refractivity contribution in [2.45, 2.75) is 39.7 Å². The molecule has 2 rings (SSSR count). The van der Waals surface area contributed by atoms with E-state index in [4.69, 9.17) is 23.2 Å². The molecular weight excluding hydrogens is 329 g/mol. The summed E-state index contributed by atoms with van der Waals surface area (Å²) in [6.45, 7) is 6.13. The summed E-state index contributed by atoms with van der Waals surface area (Å²) >= 11 is 11.9. The van der Waals surface area contributed by atoms with Crippen LogP contribution in [0.5, 0.6) is 0 Å². The summed E-state index contributed by atoms with van der Waals surface area (Å²) in [5, 5.41) is 4.12. The van der Waals surface area contributed by atoms with Crippen LogP contribution in [0.25, 0.3) is 0 Å². The number of carbonyl (C=O) groups excluding carboxylic acids is 1. The molecule has 1 amide bonds. The van der Waals surface area contributed by atoms with Crippen LogP contribution in [0.1, 0.15) is 41.6 Å². The van der Waals surface area contributed by atoms with Crippen molar-refractivity contribution >= 4 is 29.1 Å². The van der Waals surface area contributed by atoms with Gasteiger partial charge in [0.1, 0.15) is 0 Å². The van der Waals surface area contributed by atoms with Crippen molar-refractivity contribution in [3.8, 4) is 0 Å². The van der Waals surface area contributed by atoms with Crippen LogP contribution in [0.4, 0.5) is 0 Å². The van der Waals surface area contributed by atoms with E-state index in [0.717, 1.165) is 11.1 Å². The van der Waals surface area contributed by atoms with E-state index in [1.807, 2.05) is 19.1 Å². The van der Waals surface area contributed by atoms with Gasteiger partial charge in [0, 0.05) is 6.42 Å². The van der Waals surface area contributed by atoms with E-state index in [1.54, 1.807) is 6.07 Å². The van der Waals surface area contributed by atoms with Gasteiger partial charge in [-0.1, -0.05) is 53.0 Å². The molecule has 2 aromatic carbocycles. The molecule has 1 atom stereocenters. The van der Waals surface area contributed by atoms with Gasteiger partial charge in [-0.25, -0.2) is 0 Å². The smallest absolute Gasteiger partial charge is 0.220 e. The van der Waals surface area contributed by atoms with Crippen molar-refractivity contribution < 1.29 is 4.79 Å². The van der Waals surface area contributed by atoms with Crippen LogP contribution in [-0.4, -0.2) is 5.91 Å². The number of amides is 1. The molecule has 0 aliphatic rings. The first-order valence-electron chi connectivity index (χ1n) is 7.67. The third kappa shape index (κ3) is 4.98. The molecule has 0 bridgehead atoms. The van der Waals surface area contributed by atoms with E-state index in [9.17, 15) is 4.79 Å². The molecule has 4 heteroatoms. The lowest BCUT2D eigenvalue weighted by atomic mass is 10.00. The van der Waals surface area contributed by atoms with Crippen molar-refractivity contribution in [2.75, 3.05) is 0 Å². The van der Waals surface area contributed by atoms with Gasteiger partial charge in [-0.15, -0.1) is 0 Å². The lowest BCUT2D eigenvalue weighted by molar-refractivity contribution is -0.121. The molecule has 0 unspecified atom stereocenters. The van der Waals surface area contributed by atoms with Crippen molar-refractivity contribution in [2.24, 2.45) is 0 Å². The average molecular weight is 350 g/mol. The third-order valence-electron chi connectivity index (χ3n) is 3.90. The van der Waals surface area contributed by atoms with Gasteiger partial charge in [0.25, 0.3) is 0 Å². The second kappa shape index (κ2) is 7.85. The van der Waals surface area contributed by atoms with Gasteiger partial charge in [-0.3, -0.25) is 4.79 Å². The molecule has 2 aromatic rings. The topological polar surface area (TPSA) is 29.1 Å². The molecule has 23 heavy (non-hydrogen) atoms. The summed E-state index contributed by atoms with van der Waals surface area (Å²) in [5.41, 5.74) is 4.55. The van der Waals surface area contributed by atoms with Crippen molar-refractivity contribution in [3.63, 3.8) is 0 Å². The zero-order valence-corrected chi connectivity index (χ0v) is 15.1.